The Morgan fingerprint density at radius 1 is 0.529 bits per heavy atom. The molecule has 0 radical (unpaired) electrons. The van der Waals surface area contributed by atoms with Gasteiger partial charge in [0.15, 0.2) is 4.90 Å². The molecule has 8 heteroatoms. The second-order valence-corrected chi connectivity index (χ2v) is 12.8. The van der Waals surface area contributed by atoms with Crippen LogP contribution in [0, 0.1) is 0 Å². The third-order valence-corrected chi connectivity index (χ3v) is 5.60. The first-order valence-corrected chi connectivity index (χ1v) is 13.2. The molecular formula is C26H31F6PS. The zero-order chi connectivity index (χ0) is 26.2. The zero-order valence-corrected chi connectivity index (χ0v) is 22.0. The molecule has 0 aliphatic heterocycles. The molecule has 0 amide bonds. The summed E-state index contributed by atoms with van der Waals surface area (Å²) in [6.07, 6.45) is 0. The Balaban J connectivity index is 0.000000509. The summed E-state index contributed by atoms with van der Waals surface area (Å²) < 4.78 is 59.2. The molecule has 0 fully saturated rings. The van der Waals surface area contributed by atoms with Gasteiger partial charge in [0, 0.05) is 5.56 Å². The number of hydrogen-bond acceptors (Lipinski definition) is 0. The molecule has 34 heavy (non-hydrogen) atoms. The molecule has 0 N–H and O–H groups in total. The SMILES string of the molecule is CC(C)(C)c1ccc(-c2ccc([SH2+])c(-c3ccc(C(C)(C)C)cc3)c2)cc1.F[P-](F)(F)(F)(F)F. The molecule has 0 heterocycles. The summed E-state index contributed by atoms with van der Waals surface area (Å²) in [6, 6.07) is 24.5. The fourth-order valence-electron chi connectivity index (χ4n) is 3.28. The summed E-state index contributed by atoms with van der Waals surface area (Å²) in [5.74, 6) is 0. The molecule has 0 unspecified atom stereocenters. The molecule has 0 aromatic heterocycles. The van der Waals surface area contributed by atoms with E-state index in [1.165, 1.54) is 33.4 Å². The third-order valence-electron chi connectivity index (χ3n) is 5.17. The van der Waals surface area contributed by atoms with Crippen LogP contribution in [0.4, 0.5) is 25.2 Å². The van der Waals surface area contributed by atoms with Gasteiger partial charge in [-0.15, -0.1) is 0 Å². The van der Waals surface area contributed by atoms with Crippen molar-refractivity contribution in [2.45, 2.75) is 57.3 Å². The number of benzene rings is 3. The van der Waals surface area contributed by atoms with Gasteiger partial charge in [-0.05, 0) is 69.5 Å². The maximum atomic E-state index is 9.87. The first kappa shape index (κ1) is 28.3. The van der Waals surface area contributed by atoms with Crippen LogP contribution in [-0.4, -0.2) is 0 Å². The van der Waals surface area contributed by atoms with Crippen LogP contribution >= 0.6 is 7.81 Å². The maximum absolute atomic E-state index is 10.7. The average molecular weight is 521 g/mol. The Hall–Kier alpha value is -1.98. The number of rotatable bonds is 2. The quantitative estimate of drug-likeness (QED) is 0.179. The van der Waals surface area contributed by atoms with Gasteiger partial charge in [-0.3, -0.25) is 0 Å². The molecule has 0 nitrogen and oxygen atoms in total. The van der Waals surface area contributed by atoms with Crippen LogP contribution in [0.1, 0.15) is 52.7 Å². The van der Waals surface area contributed by atoms with Gasteiger partial charge in [-0.25, -0.2) is 0 Å². The van der Waals surface area contributed by atoms with Crippen molar-refractivity contribution in [3.8, 4) is 22.3 Å². The van der Waals surface area contributed by atoms with E-state index in [0.29, 0.717) is 0 Å². The van der Waals surface area contributed by atoms with Crippen LogP contribution in [0.15, 0.2) is 71.6 Å². The molecule has 0 saturated carbocycles. The molecule has 0 spiro atoms. The van der Waals surface area contributed by atoms with Crippen molar-refractivity contribution >= 4 is 20.4 Å². The number of hydrogen-bond donors (Lipinski definition) is 0. The predicted molar refractivity (Wildman–Crippen MR) is 137 cm³/mol. The van der Waals surface area contributed by atoms with Crippen LogP contribution in [0.5, 0.6) is 0 Å². The van der Waals surface area contributed by atoms with E-state index in [9.17, 15) is 25.2 Å². The van der Waals surface area contributed by atoms with Gasteiger partial charge in [0.2, 0.25) is 0 Å². The van der Waals surface area contributed by atoms with E-state index in [0.717, 1.165) is 4.90 Å². The van der Waals surface area contributed by atoms with Crippen molar-refractivity contribution in [1.82, 2.24) is 0 Å². The van der Waals surface area contributed by atoms with Gasteiger partial charge >= 0.3 is 33.0 Å². The van der Waals surface area contributed by atoms with Crippen molar-refractivity contribution in [2.24, 2.45) is 0 Å². The fourth-order valence-corrected chi connectivity index (χ4v) is 3.57. The first-order valence-electron chi connectivity index (χ1n) is 10.6. The van der Waals surface area contributed by atoms with E-state index in [1.54, 1.807) is 0 Å². The second kappa shape index (κ2) is 8.60. The molecule has 0 aliphatic rings. The van der Waals surface area contributed by atoms with Gasteiger partial charge < -0.3 is 0 Å². The van der Waals surface area contributed by atoms with Crippen molar-refractivity contribution in [2.75, 3.05) is 0 Å². The minimum absolute atomic E-state index is 0.173. The summed E-state index contributed by atoms with van der Waals surface area (Å²) in [5.41, 5.74) is 8.03. The Bertz CT molecular complexity index is 1130. The molecule has 0 saturated heterocycles. The van der Waals surface area contributed by atoms with Gasteiger partial charge in [-0.1, -0.05) is 90.1 Å². The normalized spacial score (nSPS) is 14.5. The Kier molecular flexibility index (Phi) is 7.15. The van der Waals surface area contributed by atoms with Crippen LogP contribution < -0.4 is 0 Å². The molecule has 3 aromatic carbocycles. The van der Waals surface area contributed by atoms with E-state index in [-0.39, 0.29) is 10.8 Å². The standard InChI is InChI=1S/C26H30S.F6P/c1-25(2,3)21-12-7-18(8-13-21)20-11-16-24(27)23(17-20)19-9-14-22(15-10-19)26(4,5)6;1-7(2,3,4,5)6/h7-17,27H,1-6H3;/q;-1/p+1. The molecule has 3 rings (SSSR count). The zero-order valence-electron chi connectivity index (χ0n) is 20.1. The number of halogens is 6. The van der Waals surface area contributed by atoms with E-state index < -0.39 is 7.81 Å². The van der Waals surface area contributed by atoms with Gasteiger partial charge in [-0.2, -0.15) is 0 Å². The van der Waals surface area contributed by atoms with Crippen LogP contribution in [0.25, 0.3) is 22.3 Å². The Morgan fingerprint density at radius 3 is 1.21 bits per heavy atom. The van der Waals surface area contributed by atoms with E-state index in [2.05, 4.69) is 121 Å². The second-order valence-electron chi connectivity index (χ2n) is 10.4. The summed E-state index contributed by atoms with van der Waals surface area (Å²) in [7, 11) is -10.7. The summed E-state index contributed by atoms with van der Waals surface area (Å²) in [6.45, 7) is 13.5. The van der Waals surface area contributed by atoms with Gasteiger partial charge in [0.05, 0.1) is 0 Å². The summed E-state index contributed by atoms with van der Waals surface area (Å²) in [5, 5.41) is 0. The minimum atomic E-state index is -10.7. The molecule has 0 aliphatic carbocycles. The summed E-state index contributed by atoms with van der Waals surface area (Å²) >= 11 is 3.79. The van der Waals surface area contributed by atoms with Crippen molar-refractivity contribution < 1.29 is 25.2 Å². The van der Waals surface area contributed by atoms with Crippen molar-refractivity contribution in [3.63, 3.8) is 0 Å². The van der Waals surface area contributed by atoms with E-state index >= 15 is 0 Å². The fraction of sp³-hybridized carbons (Fsp3) is 0.308. The Morgan fingerprint density at radius 2 is 0.853 bits per heavy atom. The predicted octanol–water partition coefficient (Wildman–Crippen LogP) is 10.4. The molecule has 188 valence electrons. The van der Waals surface area contributed by atoms with E-state index in [4.69, 9.17) is 0 Å². The van der Waals surface area contributed by atoms with E-state index in [1.807, 2.05) is 0 Å². The van der Waals surface area contributed by atoms with Crippen molar-refractivity contribution in [3.05, 3.63) is 77.9 Å². The first-order chi connectivity index (χ1) is 15.0. The average Bonchev–Trinajstić information content (AvgIpc) is 2.65. The molecule has 3 aromatic rings. The summed E-state index contributed by atoms with van der Waals surface area (Å²) in [4.78, 5) is 1.12. The van der Waals surface area contributed by atoms with Crippen LogP contribution in [0.2, 0.25) is 0 Å². The molecule has 0 bridgehead atoms. The molecule has 0 atom stereocenters. The van der Waals surface area contributed by atoms with Crippen LogP contribution in [0.3, 0.4) is 0 Å². The van der Waals surface area contributed by atoms with Gasteiger partial charge in [0.1, 0.15) is 0 Å². The Labute approximate surface area is 203 Å². The van der Waals surface area contributed by atoms with Gasteiger partial charge in [0.25, 0.3) is 0 Å². The molecular weight excluding hydrogens is 489 g/mol. The monoisotopic (exact) mass is 520 g/mol. The third kappa shape index (κ3) is 9.71. The topological polar surface area (TPSA) is 0 Å². The van der Waals surface area contributed by atoms with Crippen molar-refractivity contribution in [1.29, 1.82) is 0 Å². The van der Waals surface area contributed by atoms with Crippen LogP contribution in [-0.2, 0) is 23.5 Å².